The fourth-order valence-corrected chi connectivity index (χ4v) is 8.01. The minimum absolute atomic E-state index is 0.213. The fourth-order valence-electron chi connectivity index (χ4n) is 8.01. The van der Waals surface area contributed by atoms with E-state index in [9.17, 15) is 0 Å². The summed E-state index contributed by atoms with van der Waals surface area (Å²) in [5.41, 5.74) is 0.905. The van der Waals surface area contributed by atoms with Gasteiger partial charge in [-0.1, -0.05) is 6.42 Å². The number of nitrogens with zero attached hydrogens (tertiary/aromatic N) is 3. The molecule has 5 rings (SSSR count). The molecule has 4 nitrogen and oxygen atoms in total. The molecule has 0 bridgehead atoms. The van der Waals surface area contributed by atoms with Gasteiger partial charge in [0, 0.05) is 37.8 Å². The molecule has 3 unspecified atom stereocenters. The molecule has 1 saturated carbocycles. The van der Waals surface area contributed by atoms with Crippen molar-refractivity contribution in [1.82, 2.24) is 14.7 Å². The maximum atomic E-state index is 6.45. The van der Waals surface area contributed by atoms with Crippen LogP contribution in [0.4, 0.5) is 0 Å². The molecule has 0 amide bonds. The molecular formula is C27H49N3O. The van der Waals surface area contributed by atoms with Crippen LogP contribution in [-0.2, 0) is 4.74 Å². The van der Waals surface area contributed by atoms with Crippen molar-refractivity contribution >= 4 is 0 Å². The van der Waals surface area contributed by atoms with E-state index in [-0.39, 0.29) is 5.60 Å². The highest BCUT2D eigenvalue weighted by molar-refractivity contribution is 5.05. The van der Waals surface area contributed by atoms with Gasteiger partial charge in [0.2, 0.25) is 0 Å². The molecule has 4 heteroatoms. The van der Waals surface area contributed by atoms with E-state index in [0.717, 1.165) is 36.6 Å². The maximum Gasteiger partial charge on any atom is 0.0938 e. The van der Waals surface area contributed by atoms with Gasteiger partial charge in [0.15, 0.2) is 0 Å². The Morgan fingerprint density at radius 2 is 1.42 bits per heavy atom. The Bertz CT molecular complexity index is 604. The van der Waals surface area contributed by atoms with Crippen molar-refractivity contribution < 1.29 is 4.74 Å². The average molecular weight is 432 g/mol. The zero-order valence-corrected chi connectivity index (χ0v) is 21.0. The first kappa shape index (κ1) is 22.6. The minimum Gasteiger partial charge on any atom is -0.372 e. The molecular weight excluding hydrogens is 382 g/mol. The smallest absolute Gasteiger partial charge is 0.0938 e. The number of likely N-dealkylation sites (tertiary alicyclic amines) is 3. The lowest BCUT2D eigenvalue weighted by atomic mass is 9.60. The molecule has 0 aromatic rings. The van der Waals surface area contributed by atoms with Crippen LogP contribution in [0.1, 0.15) is 85.5 Å². The van der Waals surface area contributed by atoms with Crippen LogP contribution in [0.25, 0.3) is 0 Å². The number of hydrogen-bond acceptors (Lipinski definition) is 4. The van der Waals surface area contributed by atoms with Gasteiger partial charge in [0.05, 0.1) is 12.2 Å². The first-order valence-corrected chi connectivity index (χ1v) is 13.7. The lowest BCUT2D eigenvalue weighted by Gasteiger charge is -2.53. The van der Waals surface area contributed by atoms with Crippen LogP contribution in [0.5, 0.6) is 0 Å². The molecule has 4 saturated heterocycles. The first-order valence-electron chi connectivity index (χ1n) is 13.7. The van der Waals surface area contributed by atoms with Crippen molar-refractivity contribution in [1.29, 1.82) is 0 Å². The van der Waals surface area contributed by atoms with Crippen molar-refractivity contribution in [2.45, 2.75) is 109 Å². The third-order valence-corrected chi connectivity index (χ3v) is 9.90. The summed E-state index contributed by atoms with van der Waals surface area (Å²) >= 11 is 0. The maximum absolute atomic E-state index is 6.45. The van der Waals surface area contributed by atoms with E-state index in [1.807, 2.05) is 0 Å². The summed E-state index contributed by atoms with van der Waals surface area (Å²) in [4.78, 5) is 8.18. The van der Waals surface area contributed by atoms with Crippen molar-refractivity contribution in [3.05, 3.63) is 0 Å². The average Bonchev–Trinajstić information content (AvgIpc) is 3.32. The summed E-state index contributed by atoms with van der Waals surface area (Å²) in [6, 6.07) is 2.21. The van der Waals surface area contributed by atoms with Gasteiger partial charge in [-0.3, -0.25) is 4.90 Å². The Morgan fingerprint density at radius 1 is 0.742 bits per heavy atom. The molecule has 4 heterocycles. The topological polar surface area (TPSA) is 19.0 Å². The Kier molecular flexibility index (Phi) is 6.49. The molecule has 3 atom stereocenters. The van der Waals surface area contributed by atoms with Crippen molar-refractivity contribution in [2.75, 3.05) is 45.9 Å². The van der Waals surface area contributed by atoms with E-state index in [1.165, 1.54) is 97.1 Å². The number of rotatable bonds is 7. The standard InChI is InChI=1S/C27H49N3O/c1-21(2)29-11-8-26(18-29)14-24(15-26)12-23(4)30-19-27(20-30)16-25(17-31-27)13-22(3)28-9-6-5-7-10-28/h21-25H,5-20H2,1-4H3. The van der Waals surface area contributed by atoms with E-state index in [4.69, 9.17) is 4.74 Å². The first-order chi connectivity index (χ1) is 14.9. The van der Waals surface area contributed by atoms with Crippen molar-refractivity contribution in [2.24, 2.45) is 17.3 Å². The van der Waals surface area contributed by atoms with Gasteiger partial charge in [-0.25, -0.2) is 0 Å². The molecule has 0 aromatic carbocycles. The van der Waals surface area contributed by atoms with Gasteiger partial charge in [0.25, 0.3) is 0 Å². The summed E-state index contributed by atoms with van der Waals surface area (Å²) < 4.78 is 6.45. The van der Waals surface area contributed by atoms with Gasteiger partial charge < -0.3 is 14.5 Å². The zero-order chi connectivity index (χ0) is 21.6. The summed E-state index contributed by atoms with van der Waals surface area (Å²) in [7, 11) is 0. The van der Waals surface area contributed by atoms with E-state index < -0.39 is 0 Å². The fraction of sp³-hybridized carbons (Fsp3) is 1.00. The largest absolute Gasteiger partial charge is 0.372 e. The monoisotopic (exact) mass is 431 g/mol. The molecule has 5 aliphatic rings. The van der Waals surface area contributed by atoms with Crippen LogP contribution >= 0.6 is 0 Å². The van der Waals surface area contributed by atoms with Crippen molar-refractivity contribution in [3.63, 3.8) is 0 Å². The minimum atomic E-state index is 0.213. The molecule has 5 fully saturated rings. The van der Waals surface area contributed by atoms with Gasteiger partial charge in [0.1, 0.15) is 0 Å². The lowest BCUT2D eigenvalue weighted by Crippen LogP contribution is -2.64. The predicted molar refractivity (Wildman–Crippen MR) is 128 cm³/mol. The van der Waals surface area contributed by atoms with Crippen molar-refractivity contribution in [3.8, 4) is 0 Å². The molecule has 4 aliphatic heterocycles. The number of hydrogen-bond donors (Lipinski definition) is 0. The SMILES string of the molecule is CC(C)N1CCC2(CC(CC(C)N3CC4(CC(CC(C)N5CCCCC5)CO4)C3)C2)C1. The second kappa shape index (κ2) is 8.89. The lowest BCUT2D eigenvalue weighted by molar-refractivity contribution is -0.129. The van der Waals surface area contributed by atoms with Crippen LogP contribution < -0.4 is 0 Å². The second-order valence-electron chi connectivity index (χ2n) is 12.8. The molecule has 31 heavy (non-hydrogen) atoms. The van der Waals surface area contributed by atoms with E-state index >= 15 is 0 Å². The summed E-state index contributed by atoms with van der Waals surface area (Å²) in [6.45, 7) is 18.4. The van der Waals surface area contributed by atoms with E-state index in [1.54, 1.807) is 0 Å². The van der Waals surface area contributed by atoms with Crippen LogP contribution in [0.2, 0.25) is 0 Å². The van der Waals surface area contributed by atoms with Crippen LogP contribution in [-0.4, -0.2) is 84.3 Å². The third-order valence-electron chi connectivity index (χ3n) is 9.90. The van der Waals surface area contributed by atoms with Gasteiger partial charge in [-0.2, -0.15) is 0 Å². The Labute approximate surface area is 192 Å². The van der Waals surface area contributed by atoms with E-state index in [0.29, 0.717) is 5.41 Å². The number of piperidine rings is 1. The molecule has 0 radical (unpaired) electrons. The zero-order valence-electron chi connectivity index (χ0n) is 21.0. The van der Waals surface area contributed by atoms with Gasteiger partial charge in [-0.15, -0.1) is 0 Å². The predicted octanol–water partition coefficient (Wildman–Crippen LogP) is 4.63. The van der Waals surface area contributed by atoms with Crippen LogP contribution in [0.3, 0.4) is 0 Å². The molecule has 1 aliphatic carbocycles. The molecule has 2 spiro atoms. The van der Waals surface area contributed by atoms with E-state index in [2.05, 4.69) is 42.4 Å². The highest BCUT2D eigenvalue weighted by Crippen LogP contribution is 2.54. The summed E-state index contributed by atoms with van der Waals surface area (Å²) in [5.74, 6) is 1.76. The normalized spacial score (nSPS) is 38.6. The number of ether oxygens (including phenoxy) is 1. The summed E-state index contributed by atoms with van der Waals surface area (Å²) in [6.07, 6.45) is 12.7. The van der Waals surface area contributed by atoms with Gasteiger partial charge in [-0.05, 0) is 116 Å². The quantitative estimate of drug-likeness (QED) is 0.585. The summed E-state index contributed by atoms with van der Waals surface area (Å²) in [5, 5.41) is 0. The Hall–Kier alpha value is -0.160. The highest BCUT2D eigenvalue weighted by Gasteiger charge is 2.53. The molecule has 178 valence electrons. The highest BCUT2D eigenvalue weighted by atomic mass is 16.5. The van der Waals surface area contributed by atoms with Crippen LogP contribution in [0.15, 0.2) is 0 Å². The third kappa shape index (κ3) is 4.74. The Morgan fingerprint density at radius 3 is 2.10 bits per heavy atom. The molecule has 0 aromatic heterocycles. The second-order valence-corrected chi connectivity index (χ2v) is 12.8. The van der Waals surface area contributed by atoms with Gasteiger partial charge >= 0.3 is 0 Å². The van der Waals surface area contributed by atoms with Crippen LogP contribution in [0, 0.1) is 17.3 Å². The Balaban J connectivity index is 1.01. The molecule has 0 N–H and O–H groups in total.